The Balaban J connectivity index is 2.01. The molecule has 0 aromatic heterocycles. The number of aryl methyl sites for hydroxylation is 1. The average Bonchev–Trinajstić information content (AvgIpc) is 2.44. The first-order valence-electron chi connectivity index (χ1n) is 6.77. The second kappa shape index (κ2) is 7.23. The predicted octanol–water partition coefficient (Wildman–Crippen LogP) is 4.88. The maximum Gasteiger partial charge on any atom is 0.252 e. The van der Waals surface area contributed by atoms with Crippen molar-refractivity contribution in [1.82, 2.24) is 5.32 Å². The number of carbonyl (C=O) groups is 1. The molecule has 0 aliphatic carbocycles. The number of carbonyl (C=O) groups excluding carboxylic acids is 1. The summed E-state index contributed by atoms with van der Waals surface area (Å²) < 4.78 is 1.88. The monoisotopic (exact) mass is 409 g/mol. The zero-order chi connectivity index (χ0) is 15.4. The van der Waals surface area contributed by atoms with Crippen LogP contribution < -0.4 is 5.32 Å². The molecule has 1 unspecified atom stereocenters. The van der Waals surface area contributed by atoms with Crippen molar-refractivity contribution in [2.75, 3.05) is 0 Å². The number of rotatable bonds is 4. The average molecular weight is 411 g/mol. The Kier molecular flexibility index (Phi) is 5.59. The highest BCUT2D eigenvalue weighted by Gasteiger charge is 2.13. The van der Waals surface area contributed by atoms with Crippen molar-refractivity contribution in [3.8, 4) is 0 Å². The van der Waals surface area contributed by atoms with Crippen LogP contribution in [-0.2, 0) is 6.42 Å². The predicted molar refractivity (Wildman–Crippen MR) is 93.7 cm³/mol. The van der Waals surface area contributed by atoms with E-state index in [1.165, 1.54) is 5.56 Å². The molecule has 2 aromatic rings. The Labute approximate surface area is 142 Å². The molecule has 1 N–H and O–H groups in total. The molecule has 0 aliphatic heterocycles. The first-order chi connectivity index (χ1) is 9.95. The van der Waals surface area contributed by atoms with Gasteiger partial charge in [0.1, 0.15) is 0 Å². The van der Waals surface area contributed by atoms with Crippen molar-refractivity contribution >= 4 is 37.8 Å². The van der Waals surface area contributed by atoms with E-state index < -0.39 is 0 Å². The van der Waals surface area contributed by atoms with Gasteiger partial charge in [-0.1, -0.05) is 39.7 Å². The number of hydrogen-bond donors (Lipinski definition) is 1. The van der Waals surface area contributed by atoms with Crippen LogP contribution in [-0.4, -0.2) is 11.9 Å². The van der Waals surface area contributed by atoms with Gasteiger partial charge in [-0.15, -0.1) is 0 Å². The fourth-order valence-corrected chi connectivity index (χ4v) is 2.83. The topological polar surface area (TPSA) is 29.1 Å². The molecule has 0 spiro atoms. The van der Waals surface area contributed by atoms with Gasteiger partial charge < -0.3 is 5.32 Å². The van der Waals surface area contributed by atoms with Crippen LogP contribution in [0.25, 0.3) is 0 Å². The molecule has 0 saturated heterocycles. The molecule has 1 amide bonds. The number of nitrogens with one attached hydrogen (secondary N) is 1. The summed E-state index contributed by atoms with van der Waals surface area (Å²) in [7, 11) is 0. The van der Waals surface area contributed by atoms with Gasteiger partial charge in [-0.3, -0.25) is 4.79 Å². The molecule has 110 valence electrons. The van der Waals surface area contributed by atoms with Crippen molar-refractivity contribution in [3.05, 3.63) is 68.1 Å². The van der Waals surface area contributed by atoms with Crippen LogP contribution in [0.1, 0.15) is 28.4 Å². The van der Waals surface area contributed by atoms with Crippen molar-refractivity contribution < 1.29 is 4.79 Å². The molecule has 0 aliphatic rings. The minimum atomic E-state index is -0.0461. The highest BCUT2D eigenvalue weighted by atomic mass is 79.9. The minimum Gasteiger partial charge on any atom is -0.349 e. The van der Waals surface area contributed by atoms with Gasteiger partial charge in [-0.25, -0.2) is 0 Å². The summed E-state index contributed by atoms with van der Waals surface area (Å²) in [4.78, 5) is 12.3. The molecule has 1 atom stereocenters. The van der Waals surface area contributed by atoms with Crippen LogP contribution >= 0.6 is 31.9 Å². The van der Waals surface area contributed by atoms with Crippen molar-refractivity contribution in [3.63, 3.8) is 0 Å². The molecule has 2 rings (SSSR count). The van der Waals surface area contributed by atoms with Gasteiger partial charge >= 0.3 is 0 Å². The SMILES string of the molecule is Cc1ccc(Br)c(C(=O)NC(C)Cc2ccc(Br)cc2)c1. The molecular formula is C17H17Br2NO. The fourth-order valence-electron chi connectivity index (χ4n) is 2.14. The zero-order valence-corrected chi connectivity index (χ0v) is 15.2. The van der Waals surface area contributed by atoms with Crippen LogP contribution in [0.4, 0.5) is 0 Å². The third-order valence-electron chi connectivity index (χ3n) is 3.20. The number of amides is 1. The number of benzene rings is 2. The Morgan fingerprint density at radius 3 is 2.48 bits per heavy atom. The summed E-state index contributed by atoms with van der Waals surface area (Å²) >= 11 is 6.85. The van der Waals surface area contributed by atoms with E-state index >= 15 is 0 Å². The maximum absolute atomic E-state index is 12.3. The van der Waals surface area contributed by atoms with Gasteiger partial charge in [-0.2, -0.15) is 0 Å². The molecule has 2 nitrogen and oxygen atoms in total. The Hall–Kier alpha value is -1.13. The van der Waals surface area contributed by atoms with Gasteiger partial charge in [0, 0.05) is 15.0 Å². The molecule has 0 fully saturated rings. The Bertz CT molecular complexity index is 638. The van der Waals surface area contributed by atoms with Gasteiger partial charge in [0.05, 0.1) is 5.56 Å². The van der Waals surface area contributed by atoms with Crippen molar-refractivity contribution in [2.24, 2.45) is 0 Å². The van der Waals surface area contributed by atoms with E-state index in [1.807, 2.05) is 44.2 Å². The van der Waals surface area contributed by atoms with Gasteiger partial charge in [0.25, 0.3) is 5.91 Å². The van der Waals surface area contributed by atoms with Crippen LogP contribution in [0.15, 0.2) is 51.4 Å². The second-order valence-electron chi connectivity index (χ2n) is 5.19. The molecular weight excluding hydrogens is 394 g/mol. The highest BCUT2D eigenvalue weighted by molar-refractivity contribution is 9.10. The lowest BCUT2D eigenvalue weighted by Gasteiger charge is -2.15. The molecule has 4 heteroatoms. The summed E-state index contributed by atoms with van der Waals surface area (Å²) in [6.07, 6.45) is 0.808. The second-order valence-corrected chi connectivity index (χ2v) is 6.96. The summed E-state index contributed by atoms with van der Waals surface area (Å²) in [6, 6.07) is 14.0. The highest BCUT2D eigenvalue weighted by Crippen LogP contribution is 2.18. The summed E-state index contributed by atoms with van der Waals surface area (Å²) in [6.45, 7) is 4.00. The third kappa shape index (κ3) is 4.68. The van der Waals surface area contributed by atoms with Gasteiger partial charge in [0.15, 0.2) is 0 Å². The van der Waals surface area contributed by atoms with E-state index in [1.54, 1.807) is 0 Å². The van der Waals surface area contributed by atoms with Crippen molar-refractivity contribution in [1.29, 1.82) is 0 Å². The smallest absolute Gasteiger partial charge is 0.252 e. The van der Waals surface area contributed by atoms with E-state index in [0.29, 0.717) is 5.56 Å². The molecule has 0 radical (unpaired) electrons. The van der Waals surface area contributed by atoms with E-state index in [2.05, 4.69) is 49.3 Å². The van der Waals surface area contributed by atoms with Crippen LogP contribution in [0.2, 0.25) is 0 Å². The van der Waals surface area contributed by atoms with E-state index in [-0.39, 0.29) is 11.9 Å². The third-order valence-corrected chi connectivity index (χ3v) is 4.42. The fraction of sp³-hybridized carbons (Fsp3) is 0.235. The molecule has 0 saturated carbocycles. The molecule has 0 heterocycles. The first kappa shape index (κ1) is 16.2. The van der Waals surface area contributed by atoms with E-state index in [0.717, 1.165) is 20.9 Å². The van der Waals surface area contributed by atoms with Crippen LogP contribution in [0.5, 0.6) is 0 Å². The molecule has 2 aromatic carbocycles. The summed E-state index contributed by atoms with van der Waals surface area (Å²) in [5.41, 5.74) is 2.95. The Morgan fingerprint density at radius 2 is 1.81 bits per heavy atom. The van der Waals surface area contributed by atoms with E-state index in [4.69, 9.17) is 0 Å². The van der Waals surface area contributed by atoms with Gasteiger partial charge in [0.2, 0.25) is 0 Å². The lowest BCUT2D eigenvalue weighted by molar-refractivity contribution is 0.0939. The Morgan fingerprint density at radius 1 is 1.14 bits per heavy atom. The quantitative estimate of drug-likeness (QED) is 0.764. The van der Waals surface area contributed by atoms with Crippen molar-refractivity contribution in [2.45, 2.75) is 26.3 Å². The normalized spacial score (nSPS) is 12.0. The standard InChI is InChI=1S/C17H17Br2NO/c1-11-3-8-16(19)15(9-11)17(21)20-12(2)10-13-4-6-14(18)7-5-13/h3-9,12H,10H2,1-2H3,(H,20,21). The summed E-state index contributed by atoms with van der Waals surface area (Å²) in [5, 5.41) is 3.05. The molecule has 0 bridgehead atoms. The van der Waals surface area contributed by atoms with E-state index in [9.17, 15) is 4.79 Å². The first-order valence-corrected chi connectivity index (χ1v) is 8.36. The lowest BCUT2D eigenvalue weighted by Crippen LogP contribution is -2.34. The maximum atomic E-state index is 12.3. The van der Waals surface area contributed by atoms with Gasteiger partial charge in [-0.05, 0) is 66.0 Å². The van der Waals surface area contributed by atoms with Crippen LogP contribution in [0.3, 0.4) is 0 Å². The zero-order valence-electron chi connectivity index (χ0n) is 12.0. The molecule has 21 heavy (non-hydrogen) atoms. The number of hydrogen-bond acceptors (Lipinski definition) is 1. The minimum absolute atomic E-state index is 0.0461. The number of halogens is 2. The van der Waals surface area contributed by atoms with Crippen LogP contribution in [0, 0.1) is 6.92 Å². The lowest BCUT2D eigenvalue weighted by atomic mass is 10.1. The largest absolute Gasteiger partial charge is 0.349 e. The summed E-state index contributed by atoms with van der Waals surface area (Å²) in [5.74, 6) is -0.0461.